The number of likely N-dealkylation sites (tertiary alicyclic amines) is 1. The Bertz CT molecular complexity index is 1010. The molecule has 2 heterocycles. The van der Waals surface area contributed by atoms with Crippen LogP contribution < -0.4 is 10.1 Å². The molecular formula is C26H33ClN4O3. The van der Waals surface area contributed by atoms with E-state index in [1.165, 1.54) is 12.7 Å². The monoisotopic (exact) mass is 484 g/mol. The summed E-state index contributed by atoms with van der Waals surface area (Å²) in [6, 6.07) is 12.9. The van der Waals surface area contributed by atoms with Crippen LogP contribution in [0.2, 0.25) is 5.02 Å². The molecule has 0 aromatic heterocycles. The highest BCUT2D eigenvalue weighted by Crippen LogP contribution is 2.27. The fourth-order valence-electron chi connectivity index (χ4n) is 4.62. The van der Waals surface area contributed by atoms with Crippen molar-refractivity contribution >= 4 is 23.4 Å². The minimum absolute atomic E-state index is 0.131. The van der Waals surface area contributed by atoms with E-state index in [1.807, 2.05) is 0 Å². The van der Waals surface area contributed by atoms with Crippen LogP contribution in [-0.2, 0) is 17.9 Å². The zero-order valence-electron chi connectivity index (χ0n) is 19.9. The average molecular weight is 485 g/mol. The van der Waals surface area contributed by atoms with Gasteiger partial charge in [0.2, 0.25) is 5.91 Å². The standard InChI is InChI=1S/C26H33ClN4O3/c1-29-12-14-30(15-13-29)18-20-7-5-19(6-8-20)17-28-25(32)23-4-3-11-31(23)26(33)22-16-21(27)9-10-24(22)34-2/h5-10,16,23H,3-4,11-15,17-18H2,1-2H3,(H,28,32)/t23-/m1/s1. The molecule has 2 aliphatic rings. The molecule has 0 bridgehead atoms. The summed E-state index contributed by atoms with van der Waals surface area (Å²) in [5, 5.41) is 3.48. The van der Waals surface area contributed by atoms with Crippen molar-refractivity contribution in [1.29, 1.82) is 0 Å². The van der Waals surface area contributed by atoms with Crippen molar-refractivity contribution < 1.29 is 14.3 Å². The van der Waals surface area contributed by atoms with E-state index in [0.717, 1.165) is 44.7 Å². The second-order valence-corrected chi connectivity index (χ2v) is 9.55. The van der Waals surface area contributed by atoms with Crippen LogP contribution in [0.3, 0.4) is 0 Å². The molecule has 1 atom stereocenters. The Morgan fingerprint density at radius 2 is 1.74 bits per heavy atom. The molecule has 7 nitrogen and oxygen atoms in total. The van der Waals surface area contributed by atoms with Gasteiger partial charge in [-0.05, 0) is 49.2 Å². The van der Waals surface area contributed by atoms with E-state index in [2.05, 4.69) is 46.4 Å². The summed E-state index contributed by atoms with van der Waals surface area (Å²) in [6.45, 7) is 6.31. The first-order valence-corrected chi connectivity index (χ1v) is 12.2. The van der Waals surface area contributed by atoms with Gasteiger partial charge in [0.25, 0.3) is 5.91 Å². The van der Waals surface area contributed by atoms with Crippen LogP contribution in [0.4, 0.5) is 0 Å². The Morgan fingerprint density at radius 1 is 1.03 bits per heavy atom. The van der Waals surface area contributed by atoms with E-state index in [-0.39, 0.29) is 11.8 Å². The Kier molecular flexibility index (Phi) is 8.08. The summed E-state index contributed by atoms with van der Waals surface area (Å²) >= 11 is 6.10. The van der Waals surface area contributed by atoms with Crippen molar-refractivity contribution in [2.45, 2.75) is 32.0 Å². The number of methoxy groups -OCH3 is 1. The predicted octanol–water partition coefficient (Wildman–Crippen LogP) is 3.02. The molecule has 2 saturated heterocycles. The molecule has 1 N–H and O–H groups in total. The maximum absolute atomic E-state index is 13.2. The van der Waals surface area contributed by atoms with Crippen molar-refractivity contribution in [3.05, 3.63) is 64.2 Å². The number of carbonyl (C=O) groups is 2. The van der Waals surface area contributed by atoms with Crippen LogP contribution in [0.15, 0.2) is 42.5 Å². The molecule has 2 aromatic rings. The van der Waals surface area contributed by atoms with Gasteiger partial charge in [0, 0.05) is 50.8 Å². The van der Waals surface area contributed by atoms with Gasteiger partial charge in [-0.3, -0.25) is 14.5 Å². The number of piperazine rings is 1. The molecule has 0 unspecified atom stereocenters. The Hall–Kier alpha value is -2.61. The average Bonchev–Trinajstić information content (AvgIpc) is 3.34. The van der Waals surface area contributed by atoms with Crippen LogP contribution in [0.5, 0.6) is 5.75 Å². The lowest BCUT2D eigenvalue weighted by Gasteiger charge is -2.32. The molecule has 0 radical (unpaired) electrons. The fourth-order valence-corrected chi connectivity index (χ4v) is 4.79. The van der Waals surface area contributed by atoms with E-state index in [1.54, 1.807) is 23.1 Å². The molecule has 0 saturated carbocycles. The topological polar surface area (TPSA) is 65.1 Å². The number of benzene rings is 2. The van der Waals surface area contributed by atoms with Crippen molar-refractivity contribution in [1.82, 2.24) is 20.0 Å². The third kappa shape index (κ3) is 5.90. The predicted molar refractivity (Wildman–Crippen MR) is 133 cm³/mol. The summed E-state index contributed by atoms with van der Waals surface area (Å²) < 4.78 is 5.33. The van der Waals surface area contributed by atoms with Crippen molar-refractivity contribution in [3.63, 3.8) is 0 Å². The van der Waals surface area contributed by atoms with Crippen molar-refractivity contribution in [2.75, 3.05) is 46.9 Å². The van der Waals surface area contributed by atoms with Crippen LogP contribution in [0, 0.1) is 0 Å². The Balaban J connectivity index is 1.32. The molecule has 2 aliphatic heterocycles. The molecule has 182 valence electrons. The third-order valence-corrected chi connectivity index (χ3v) is 6.94. The first kappa shape index (κ1) is 24.5. The minimum atomic E-state index is -0.493. The lowest BCUT2D eigenvalue weighted by molar-refractivity contribution is -0.125. The summed E-state index contributed by atoms with van der Waals surface area (Å²) in [5.41, 5.74) is 2.70. The quantitative estimate of drug-likeness (QED) is 0.654. The molecule has 0 spiro atoms. The SMILES string of the molecule is COc1ccc(Cl)cc1C(=O)N1CCC[C@@H]1C(=O)NCc1ccc(CN2CCN(C)CC2)cc1. The van der Waals surface area contributed by atoms with Crippen LogP contribution in [0.1, 0.15) is 34.3 Å². The van der Waals surface area contributed by atoms with E-state index < -0.39 is 6.04 Å². The number of amides is 2. The van der Waals surface area contributed by atoms with Gasteiger partial charge in [-0.2, -0.15) is 0 Å². The van der Waals surface area contributed by atoms with E-state index >= 15 is 0 Å². The Labute approximate surface area is 206 Å². The highest BCUT2D eigenvalue weighted by molar-refractivity contribution is 6.31. The molecule has 0 aliphatic carbocycles. The minimum Gasteiger partial charge on any atom is -0.496 e. The number of halogens is 1. The normalized spacial score (nSPS) is 19.3. The molecule has 34 heavy (non-hydrogen) atoms. The highest BCUT2D eigenvalue weighted by Gasteiger charge is 2.35. The Morgan fingerprint density at radius 3 is 2.44 bits per heavy atom. The number of rotatable bonds is 7. The maximum Gasteiger partial charge on any atom is 0.258 e. The van der Waals surface area contributed by atoms with Crippen LogP contribution >= 0.6 is 11.6 Å². The van der Waals surface area contributed by atoms with Gasteiger partial charge in [0.1, 0.15) is 11.8 Å². The molecule has 2 fully saturated rings. The van der Waals surface area contributed by atoms with E-state index in [0.29, 0.717) is 35.8 Å². The zero-order valence-corrected chi connectivity index (χ0v) is 20.7. The second kappa shape index (κ2) is 11.2. The summed E-state index contributed by atoms with van der Waals surface area (Å²) in [5.74, 6) is 0.0933. The van der Waals surface area contributed by atoms with Gasteiger partial charge in [-0.25, -0.2) is 0 Å². The largest absolute Gasteiger partial charge is 0.496 e. The van der Waals surface area contributed by atoms with Gasteiger partial charge in [0.05, 0.1) is 12.7 Å². The second-order valence-electron chi connectivity index (χ2n) is 9.11. The number of hydrogen-bond donors (Lipinski definition) is 1. The smallest absolute Gasteiger partial charge is 0.258 e. The van der Waals surface area contributed by atoms with Crippen molar-refractivity contribution in [3.8, 4) is 5.75 Å². The lowest BCUT2D eigenvalue weighted by Crippen LogP contribution is -2.45. The summed E-state index contributed by atoms with van der Waals surface area (Å²) in [6.07, 6.45) is 1.43. The third-order valence-electron chi connectivity index (χ3n) is 6.70. The van der Waals surface area contributed by atoms with Crippen molar-refractivity contribution in [2.24, 2.45) is 0 Å². The first-order valence-electron chi connectivity index (χ1n) is 11.9. The molecular weight excluding hydrogens is 452 g/mol. The summed E-state index contributed by atoms with van der Waals surface area (Å²) in [7, 11) is 3.68. The lowest BCUT2D eigenvalue weighted by atomic mass is 10.1. The maximum atomic E-state index is 13.2. The molecule has 4 rings (SSSR count). The van der Waals surface area contributed by atoms with Gasteiger partial charge in [-0.15, -0.1) is 0 Å². The van der Waals surface area contributed by atoms with Gasteiger partial charge < -0.3 is 19.9 Å². The van der Waals surface area contributed by atoms with Gasteiger partial charge in [0.15, 0.2) is 0 Å². The highest BCUT2D eigenvalue weighted by atomic mass is 35.5. The number of hydrogen-bond acceptors (Lipinski definition) is 5. The van der Waals surface area contributed by atoms with E-state index in [4.69, 9.17) is 16.3 Å². The number of nitrogens with zero attached hydrogens (tertiary/aromatic N) is 3. The molecule has 8 heteroatoms. The van der Waals surface area contributed by atoms with Gasteiger partial charge in [-0.1, -0.05) is 35.9 Å². The number of carbonyl (C=O) groups excluding carboxylic acids is 2. The fraction of sp³-hybridized carbons (Fsp3) is 0.462. The summed E-state index contributed by atoms with van der Waals surface area (Å²) in [4.78, 5) is 32.6. The van der Waals surface area contributed by atoms with Crippen LogP contribution in [0.25, 0.3) is 0 Å². The van der Waals surface area contributed by atoms with Crippen LogP contribution in [-0.4, -0.2) is 79.4 Å². The number of nitrogens with one attached hydrogen (secondary N) is 1. The molecule has 2 amide bonds. The zero-order chi connectivity index (χ0) is 24.1. The van der Waals surface area contributed by atoms with Gasteiger partial charge >= 0.3 is 0 Å². The number of ether oxygens (including phenoxy) is 1. The molecule has 2 aromatic carbocycles. The first-order chi connectivity index (χ1) is 16.4. The number of likely N-dealkylation sites (N-methyl/N-ethyl adjacent to an activating group) is 1. The van der Waals surface area contributed by atoms with E-state index in [9.17, 15) is 9.59 Å².